The predicted octanol–water partition coefficient (Wildman–Crippen LogP) is 3.27. The third kappa shape index (κ3) is 4.08. The van der Waals surface area contributed by atoms with Gasteiger partial charge in [0.2, 0.25) is 10.0 Å². The van der Waals surface area contributed by atoms with Gasteiger partial charge in [-0.2, -0.15) is 0 Å². The van der Waals surface area contributed by atoms with Gasteiger partial charge < -0.3 is 4.74 Å². The summed E-state index contributed by atoms with van der Waals surface area (Å²) in [6.45, 7) is 2.38. The van der Waals surface area contributed by atoms with Gasteiger partial charge in [0.1, 0.15) is 0 Å². The summed E-state index contributed by atoms with van der Waals surface area (Å²) in [4.78, 5) is 0.237. The van der Waals surface area contributed by atoms with E-state index >= 15 is 0 Å². The molecule has 0 spiro atoms. The Morgan fingerprint density at radius 2 is 1.82 bits per heavy atom. The van der Waals surface area contributed by atoms with E-state index in [0.29, 0.717) is 17.2 Å². The minimum Gasteiger partial charge on any atom is -0.380 e. The molecule has 0 aliphatic rings. The lowest BCUT2D eigenvalue weighted by Gasteiger charge is -2.12. The van der Waals surface area contributed by atoms with Gasteiger partial charge in [0.25, 0.3) is 0 Å². The molecule has 0 heterocycles. The zero-order chi connectivity index (χ0) is 16.2. The van der Waals surface area contributed by atoms with Gasteiger partial charge in [-0.1, -0.05) is 35.9 Å². The fourth-order valence-electron chi connectivity index (χ4n) is 2.19. The van der Waals surface area contributed by atoms with Crippen LogP contribution >= 0.6 is 11.6 Å². The molecule has 22 heavy (non-hydrogen) atoms. The van der Waals surface area contributed by atoms with Crippen molar-refractivity contribution in [2.75, 3.05) is 7.11 Å². The number of ether oxygens (including phenoxy) is 1. The largest absolute Gasteiger partial charge is 0.380 e. The Balaban J connectivity index is 2.20. The van der Waals surface area contributed by atoms with Gasteiger partial charge >= 0.3 is 0 Å². The lowest BCUT2D eigenvalue weighted by Crippen LogP contribution is -2.24. The first-order valence-electron chi connectivity index (χ1n) is 6.75. The van der Waals surface area contributed by atoms with Crippen LogP contribution in [0.2, 0.25) is 5.02 Å². The average Bonchev–Trinajstić information content (AvgIpc) is 2.46. The minimum absolute atomic E-state index is 0.212. The summed E-state index contributed by atoms with van der Waals surface area (Å²) in [5.74, 6) is 0. The monoisotopic (exact) mass is 339 g/mol. The van der Waals surface area contributed by atoms with Crippen LogP contribution in [0.4, 0.5) is 0 Å². The standard InChI is InChI=1S/C16H18ClNO3S/c1-12-9-15(17)7-8-16(12)22(19,20)18-10-13-5-3-4-6-14(13)11-21-2/h3-9,18H,10-11H2,1-2H3. The molecule has 0 bridgehead atoms. The highest BCUT2D eigenvalue weighted by Crippen LogP contribution is 2.20. The van der Waals surface area contributed by atoms with Crippen molar-refractivity contribution in [3.05, 3.63) is 64.2 Å². The van der Waals surface area contributed by atoms with Gasteiger partial charge in [-0.15, -0.1) is 0 Å². The van der Waals surface area contributed by atoms with Gasteiger partial charge in [-0.3, -0.25) is 0 Å². The van der Waals surface area contributed by atoms with Crippen LogP contribution in [0.5, 0.6) is 0 Å². The average molecular weight is 340 g/mol. The summed E-state index contributed by atoms with van der Waals surface area (Å²) in [7, 11) is -1.98. The number of methoxy groups -OCH3 is 1. The third-order valence-electron chi connectivity index (χ3n) is 3.30. The normalized spacial score (nSPS) is 11.6. The first-order valence-corrected chi connectivity index (χ1v) is 8.61. The molecule has 0 aromatic heterocycles. The zero-order valence-electron chi connectivity index (χ0n) is 12.5. The quantitative estimate of drug-likeness (QED) is 0.878. The number of aryl methyl sites for hydroxylation is 1. The summed E-state index contributed by atoms with van der Waals surface area (Å²) in [5.41, 5.74) is 2.46. The van der Waals surface area contributed by atoms with Crippen LogP contribution in [0.1, 0.15) is 16.7 Å². The summed E-state index contributed by atoms with van der Waals surface area (Å²) in [6, 6.07) is 12.3. The highest BCUT2D eigenvalue weighted by molar-refractivity contribution is 7.89. The van der Waals surface area contributed by atoms with E-state index in [4.69, 9.17) is 16.3 Å². The number of benzene rings is 2. The van der Waals surface area contributed by atoms with Gasteiger partial charge in [0.05, 0.1) is 11.5 Å². The fourth-order valence-corrected chi connectivity index (χ4v) is 3.65. The Labute approximate surface area is 136 Å². The van der Waals surface area contributed by atoms with Crippen LogP contribution in [0.25, 0.3) is 0 Å². The molecular weight excluding hydrogens is 322 g/mol. The molecule has 0 amide bonds. The molecule has 0 aliphatic heterocycles. The van der Waals surface area contributed by atoms with E-state index in [0.717, 1.165) is 11.1 Å². The molecule has 0 atom stereocenters. The summed E-state index contributed by atoms with van der Waals surface area (Å²) in [6.07, 6.45) is 0. The van der Waals surface area contributed by atoms with E-state index in [9.17, 15) is 8.42 Å². The fraction of sp³-hybridized carbons (Fsp3) is 0.250. The van der Waals surface area contributed by atoms with Crippen LogP contribution in [-0.4, -0.2) is 15.5 Å². The summed E-state index contributed by atoms with van der Waals surface area (Å²) < 4.78 is 32.6. The maximum Gasteiger partial charge on any atom is 0.241 e. The first-order chi connectivity index (χ1) is 10.4. The molecular formula is C16H18ClNO3S. The predicted molar refractivity (Wildman–Crippen MR) is 87.4 cm³/mol. The van der Waals surface area contributed by atoms with Crippen molar-refractivity contribution >= 4 is 21.6 Å². The van der Waals surface area contributed by atoms with E-state index in [2.05, 4.69) is 4.72 Å². The minimum atomic E-state index is -3.59. The third-order valence-corrected chi connectivity index (χ3v) is 5.09. The van der Waals surface area contributed by atoms with Crippen LogP contribution in [-0.2, 0) is 27.9 Å². The lowest BCUT2D eigenvalue weighted by molar-refractivity contribution is 0.184. The van der Waals surface area contributed by atoms with E-state index in [-0.39, 0.29) is 11.4 Å². The Hall–Kier alpha value is -1.40. The molecule has 0 saturated heterocycles. The van der Waals surface area contributed by atoms with Crippen molar-refractivity contribution in [2.45, 2.75) is 25.0 Å². The Bertz CT molecular complexity index is 760. The number of nitrogens with one attached hydrogen (secondary N) is 1. The first kappa shape index (κ1) is 17.0. The van der Waals surface area contributed by atoms with Gasteiger partial charge in [0, 0.05) is 18.7 Å². The van der Waals surface area contributed by atoms with Gasteiger partial charge in [0.15, 0.2) is 0 Å². The van der Waals surface area contributed by atoms with Crippen molar-refractivity contribution in [2.24, 2.45) is 0 Å². The van der Waals surface area contributed by atoms with E-state index in [1.165, 1.54) is 6.07 Å². The van der Waals surface area contributed by atoms with E-state index in [1.54, 1.807) is 26.2 Å². The molecule has 6 heteroatoms. The number of rotatable bonds is 6. The molecule has 118 valence electrons. The molecule has 2 aromatic rings. The van der Waals surface area contributed by atoms with Crippen LogP contribution in [0.3, 0.4) is 0 Å². The number of hydrogen-bond donors (Lipinski definition) is 1. The van der Waals surface area contributed by atoms with Crippen molar-refractivity contribution in [3.63, 3.8) is 0 Å². The van der Waals surface area contributed by atoms with Crippen LogP contribution in [0, 0.1) is 6.92 Å². The second kappa shape index (κ2) is 7.24. The van der Waals surface area contributed by atoms with E-state index < -0.39 is 10.0 Å². The number of hydrogen-bond acceptors (Lipinski definition) is 3. The number of halogens is 1. The Morgan fingerprint density at radius 1 is 1.14 bits per heavy atom. The molecule has 0 saturated carbocycles. The molecule has 4 nitrogen and oxygen atoms in total. The highest BCUT2D eigenvalue weighted by Gasteiger charge is 2.17. The highest BCUT2D eigenvalue weighted by atomic mass is 35.5. The van der Waals surface area contributed by atoms with Crippen molar-refractivity contribution in [1.82, 2.24) is 4.72 Å². The Kier molecular flexibility index (Phi) is 5.58. The summed E-state index contributed by atoms with van der Waals surface area (Å²) >= 11 is 5.87. The molecule has 0 aliphatic carbocycles. The van der Waals surface area contributed by atoms with Crippen molar-refractivity contribution < 1.29 is 13.2 Å². The molecule has 0 radical (unpaired) electrons. The van der Waals surface area contributed by atoms with Crippen molar-refractivity contribution in [1.29, 1.82) is 0 Å². The molecule has 2 aromatic carbocycles. The molecule has 0 unspecified atom stereocenters. The Morgan fingerprint density at radius 3 is 2.45 bits per heavy atom. The topological polar surface area (TPSA) is 55.4 Å². The SMILES string of the molecule is COCc1ccccc1CNS(=O)(=O)c1ccc(Cl)cc1C. The van der Waals surface area contributed by atoms with Crippen LogP contribution in [0.15, 0.2) is 47.4 Å². The molecule has 0 fully saturated rings. The molecule has 2 rings (SSSR count). The van der Waals surface area contributed by atoms with Gasteiger partial charge in [-0.05, 0) is 41.8 Å². The smallest absolute Gasteiger partial charge is 0.241 e. The number of sulfonamides is 1. The molecule has 1 N–H and O–H groups in total. The van der Waals surface area contributed by atoms with Crippen molar-refractivity contribution in [3.8, 4) is 0 Å². The summed E-state index contributed by atoms with van der Waals surface area (Å²) in [5, 5.41) is 0.516. The second-order valence-electron chi connectivity index (χ2n) is 4.94. The maximum absolute atomic E-state index is 12.4. The van der Waals surface area contributed by atoms with Crippen LogP contribution < -0.4 is 4.72 Å². The maximum atomic E-state index is 12.4. The van der Waals surface area contributed by atoms with E-state index in [1.807, 2.05) is 24.3 Å². The van der Waals surface area contributed by atoms with Gasteiger partial charge in [-0.25, -0.2) is 13.1 Å². The second-order valence-corrected chi connectivity index (χ2v) is 7.11. The lowest BCUT2D eigenvalue weighted by atomic mass is 10.1. The zero-order valence-corrected chi connectivity index (χ0v) is 14.0.